The molecule has 0 saturated carbocycles. The van der Waals surface area contributed by atoms with Crippen LogP contribution in [0.2, 0.25) is 0 Å². The summed E-state index contributed by atoms with van der Waals surface area (Å²) in [7, 11) is -3.27. The summed E-state index contributed by atoms with van der Waals surface area (Å²) in [6.07, 6.45) is 0. The van der Waals surface area contributed by atoms with Crippen LogP contribution in [-0.2, 0) is 10.0 Å². The van der Waals surface area contributed by atoms with Crippen LogP contribution in [0.3, 0.4) is 0 Å². The van der Waals surface area contributed by atoms with Crippen molar-refractivity contribution >= 4 is 15.7 Å². The zero-order chi connectivity index (χ0) is 12.0. The van der Waals surface area contributed by atoms with Crippen molar-refractivity contribution in [3.63, 3.8) is 0 Å². The maximum atomic E-state index is 11.4. The molecule has 0 aliphatic rings. The molecule has 0 atom stereocenters. The molecular weight excluding hydrogens is 224 g/mol. The van der Waals surface area contributed by atoms with Gasteiger partial charge >= 0.3 is 0 Å². The number of para-hydroxylation sites is 1. The van der Waals surface area contributed by atoms with Crippen LogP contribution in [-0.4, -0.2) is 20.7 Å². The van der Waals surface area contributed by atoms with Crippen molar-refractivity contribution in [3.8, 4) is 11.8 Å². The summed E-state index contributed by atoms with van der Waals surface area (Å²) >= 11 is 0. The van der Waals surface area contributed by atoms with Crippen molar-refractivity contribution in [2.45, 2.75) is 6.92 Å². The van der Waals surface area contributed by atoms with Crippen LogP contribution in [0, 0.1) is 11.8 Å². The van der Waals surface area contributed by atoms with Gasteiger partial charge in [-0.05, 0) is 19.1 Å². The van der Waals surface area contributed by atoms with Gasteiger partial charge in [0.2, 0.25) is 10.0 Å². The lowest BCUT2D eigenvalue weighted by molar-refractivity contribution is 0.602. The summed E-state index contributed by atoms with van der Waals surface area (Å²) in [5.74, 6) is 5.54. The quantitative estimate of drug-likeness (QED) is 0.764. The van der Waals surface area contributed by atoms with E-state index in [-0.39, 0.29) is 12.3 Å². The summed E-state index contributed by atoms with van der Waals surface area (Å²) in [5.41, 5.74) is 6.39. The summed E-state index contributed by atoms with van der Waals surface area (Å²) in [6.45, 7) is 1.82. The highest BCUT2D eigenvalue weighted by atomic mass is 32.2. The second-order valence-corrected chi connectivity index (χ2v) is 5.07. The number of hydrogen-bond acceptors (Lipinski definition) is 3. The molecule has 1 aromatic rings. The van der Waals surface area contributed by atoms with Gasteiger partial charge in [0, 0.05) is 5.56 Å². The molecule has 0 aromatic heterocycles. The number of benzene rings is 1. The Hall–Kier alpha value is -1.51. The number of sulfonamides is 1. The highest BCUT2D eigenvalue weighted by molar-refractivity contribution is 7.92. The Bertz CT molecular complexity index is 512. The van der Waals surface area contributed by atoms with Gasteiger partial charge < -0.3 is 5.73 Å². The van der Waals surface area contributed by atoms with Gasteiger partial charge in [0.15, 0.2) is 0 Å². The lowest BCUT2D eigenvalue weighted by Crippen LogP contribution is -2.15. The van der Waals surface area contributed by atoms with Crippen LogP contribution in [0.25, 0.3) is 0 Å². The van der Waals surface area contributed by atoms with Gasteiger partial charge in [-0.15, -0.1) is 0 Å². The summed E-state index contributed by atoms with van der Waals surface area (Å²) in [4.78, 5) is 0. The molecule has 0 saturated heterocycles. The largest absolute Gasteiger partial charge is 0.320 e. The molecule has 0 heterocycles. The van der Waals surface area contributed by atoms with Gasteiger partial charge in [0.25, 0.3) is 0 Å². The van der Waals surface area contributed by atoms with Crippen LogP contribution in [0.1, 0.15) is 12.5 Å². The van der Waals surface area contributed by atoms with Crippen molar-refractivity contribution in [2.24, 2.45) is 5.73 Å². The predicted octanol–water partition coefficient (Wildman–Crippen LogP) is 0.758. The SMILES string of the molecule is CCS(=O)(=O)Nc1ccccc1C#CCN. The smallest absolute Gasteiger partial charge is 0.232 e. The van der Waals surface area contributed by atoms with E-state index in [9.17, 15) is 8.42 Å². The molecule has 0 bridgehead atoms. The number of hydrogen-bond donors (Lipinski definition) is 2. The Morgan fingerprint density at radius 2 is 2.06 bits per heavy atom. The normalized spacial score (nSPS) is 10.4. The highest BCUT2D eigenvalue weighted by Crippen LogP contribution is 2.15. The molecule has 16 heavy (non-hydrogen) atoms. The molecule has 1 rings (SSSR count). The number of rotatable bonds is 3. The van der Waals surface area contributed by atoms with Crippen molar-refractivity contribution < 1.29 is 8.42 Å². The molecule has 4 nitrogen and oxygen atoms in total. The maximum Gasteiger partial charge on any atom is 0.232 e. The van der Waals surface area contributed by atoms with E-state index in [0.717, 1.165) is 0 Å². The van der Waals surface area contributed by atoms with E-state index in [4.69, 9.17) is 5.73 Å². The van der Waals surface area contributed by atoms with E-state index in [2.05, 4.69) is 16.6 Å². The van der Waals surface area contributed by atoms with Crippen LogP contribution >= 0.6 is 0 Å². The summed E-state index contributed by atoms with van der Waals surface area (Å²) in [6, 6.07) is 6.97. The van der Waals surface area contributed by atoms with Crippen molar-refractivity contribution in [2.75, 3.05) is 17.0 Å². The van der Waals surface area contributed by atoms with Gasteiger partial charge in [0.1, 0.15) is 0 Å². The number of nitrogens with two attached hydrogens (primary N) is 1. The average molecular weight is 238 g/mol. The van der Waals surface area contributed by atoms with E-state index in [1.54, 1.807) is 31.2 Å². The summed E-state index contributed by atoms with van der Waals surface area (Å²) in [5, 5.41) is 0. The molecule has 86 valence electrons. The Labute approximate surface area is 95.9 Å². The number of nitrogens with one attached hydrogen (secondary N) is 1. The molecule has 3 N–H and O–H groups in total. The Kier molecular flexibility index (Phi) is 4.35. The van der Waals surface area contributed by atoms with Crippen LogP contribution in [0.5, 0.6) is 0 Å². The molecule has 0 aliphatic carbocycles. The zero-order valence-corrected chi connectivity index (χ0v) is 9.84. The molecule has 0 amide bonds. The van der Waals surface area contributed by atoms with E-state index < -0.39 is 10.0 Å². The minimum atomic E-state index is -3.27. The predicted molar refractivity (Wildman–Crippen MR) is 65.5 cm³/mol. The van der Waals surface area contributed by atoms with Gasteiger partial charge in [-0.2, -0.15) is 0 Å². The van der Waals surface area contributed by atoms with E-state index >= 15 is 0 Å². The maximum absolute atomic E-state index is 11.4. The molecular formula is C11H14N2O2S. The van der Waals surface area contributed by atoms with Crippen LogP contribution < -0.4 is 10.5 Å². The third kappa shape index (κ3) is 3.57. The first-order valence-corrected chi connectivity index (χ1v) is 6.52. The van der Waals surface area contributed by atoms with E-state index in [0.29, 0.717) is 11.3 Å². The first-order chi connectivity index (χ1) is 7.59. The van der Waals surface area contributed by atoms with E-state index in [1.165, 1.54) is 0 Å². The molecule has 5 heteroatoms. The second-order valence-electron chi connectivity index (χ2n) is 3.06. The molecule has 0 aliphatic heterocycles. The van der Waals surface area contributed by atoms with Gasteiger partial charge in [0.05, 0.1) is 18.0 Å². The van der Waals surface area contributed by atoms with Crippen LogP contribution in [0.15, 0.2) is 24.3 Å². The van der Waals surface area contributed by atoms with Crippen LogP contribution in [0.4, 0.5) is 5.69 Å². The monoisotopic (exact) mass is 238 g/mol. The minimum absolute atomic E-state index is 0.0334. The first-order valence-electron chi connectivity index (χ1n) is 4.87. The molecule has 0 spiro atoms. The molecule has 1 aromatic carbocycles. The third-order valence-electron chi connectivity index (χ3n) is 1.90. The van der Waals surface area contributed by atoms with Crippen molar-refractivity contribution in [3.05, 3.63) is 29.8 Å². The average Bonchev–Trinajstić information content (AvgIpc) is 2.27. The fourth-order valence-electron chi connectivity index (χ4n) is 1.07. The van der Waals surface area contributed by atoms with Gasteiger partial charge in [-0.1, -0.05) is 24.0 Å². The third-order valence-corrected chi connectivity index (χ3v) is 3.19. The Balaban J connectivity index is 3.05. The van der Waals surface area contributed by atoms with Gasteiger partial charge in [-0.3, -0.25) is 4.72 Å². The minimum Gasteiger partial charge on any atom is -0.320 e. The lowest BCUT2D eigenvalue weighted by Gasteiger charge is -2.07. The lowest BCUT2D eigenvalue weighted by atomic mass is 10.2. The molecule has 0 unspecified atom stereocenters. The van der Waals surface area contributed by atoms with Crippen molar-refractivity contribution in [1.82, 2.24) is 0 Å². The fourth-order valence-corrected chi connectivity index (χ4v) is 1.72. The second kappa shape index (κ2) is 5.54. The Morgan fingerprint density at radius 3 is 2.69 bits per heavy atom. The van der Waals surface area contributed by atoms with Crippen molar-refractivity contribution in [1.29, 1.82) is 0 Å². The topological polar surface area (TPSA) is 72.2 Å². The molecule has 0 radical (unpaired) electrons. The molecule has 0 fully saturated rings. The number of anilines is 1. The van der Waals surface area contributed by atoms with Gasteiger partial charge in [-0.25, -0.2) is 8.42 Å². The standard InChI is InChI=1S/C11H14N2O2S/c1-2-16(14,15)13-11-8-4-3-6-10(11)7-5-9-12/h3-4,6,8,13H,2,9,12H2,1H3. The first kappa shape index (κ1) is 12.6. The zero-order valence-electron chi connectivity index (χ0n) is 9.03. The van der Waals surface area contributed by atoms with E-state index in [1.807, 2.05) is 0 Å². The fraction of sp³-hybridized carbons (Fsp3) is 0.273. The Morgan fingerprint density at radius 1 is 1.38 bits per heavy atom. The highest BCUT2D eigenvalue weighted by Gasteiger charge is 2.08. The summed E-state index contributed by atoms with van der Waals surface area (Å²) < 4.78 is 25.3.